The van der Waals surface area contributed by atoms with Gasteiger partial charge in [0.25, 0.3) is 11.8 Å². The summed E-state index contributed by atoms with van der Waals surface area (Å²) in [5.74, 6) is 1.28. The molecule has 5 rings (SSSR count). The lowest BCUT2D eigenvalue weighted by atomic mass is 10.1. The largest absolute Gasteiger partial charge is 0.493 e. The number of carbonyl (C=O) groups excluding carboxylic acids is 2. The normalized spacial score (nSPS) is 10.6. The Bertz CT molecular complexity index is 1620. The molecule has 0 aliphatic rings. The van der Waals surface area contributed by atoms with Crippen molar-refractivity contribution in [2.45, 2.75) is 0 Å². The highest BCUT2D eigenvalue weighted by Crippen LogP contribution is 2.38. The lowest BCUT2D eigenvalue weighted by molar-refractivity contribution is 0.101. The van der Waals surface area contributed by atoms with Gasteiger partial charge < -0.3 is 29.8 Å². The third-order valence-corrected chi connectivity index (χ3v) is 6.01. The Labute approximate surface area is 224 Å². The molecule has 0 radical (unpaired) electrons. The number of H-pyrrole nitrogens is 1. The van der Waals surface area contributed by atoms with Gasteiger partial charge in [-0.15, -0.1) is 0 Å². The molecule has 5 aromatic rings. The summed E-state index contributed by atoms with van der Waals surface area (Å²) in [6.07, 6.45) is 3.13. The summed E-state index contributed by atoms with van der Waals surface area (Å²) in [6.45, 7) is 0. The monoisotopic (exact) mass is 523 g/mol. The van der Waals surface area contributed by atoms with Crippen LogP contribution in [-0.4, -0.2) is 48.1 Å². The van der Waals surface area contributed by atoms with Gasteiger partial charge in [0, 0.05) is 34.9 Å². The molecule has 10 nitrogen and oxygen atoms in total. The zero-order chi connectivity index (χ0) is 27.4. The number of nitrogens with one attached hydrogen (secondary N) is 3. The number of methoxy groups -OCH3 is 3. The zero-order valence-corrected chi connectivity index (χ0v) is 21.4. The van der Waals surface area contributed by atoms with Crippen LogP contribution >= 0.6 is 0 Å². The molecule has 0 spiro atoms. The second kappa shape index (κ2) is 10.9. The van der Waals surface area contributed by atoms with E-state index < -0.39 is 0 Å². The van der Waals surface area contributed by atoms with Crippen molar-refractivity contribution in [1.29, 1.82) is 0 Å². The number of aromatic amines is 1. The number of carbonyl (C=O) groups is 2. The van der Waals surface area contributed by atoms with Crippen molar-refractivity contribution in [3.8, 4) is 28.6 Å². The molecule has 0 fully saturated rings. The van der Waals surface area contributed by atoms with Crippen molar-refractivity contribution in [1.82, 2.24) is 15.0 Å². The summed E-state index contributed by atoms with van der Waals surface area (Å²) in [4.78, 5) is 37.3. The van der Waals surface area contributed by atoms with Gasteiger partial charge in [-0.1, -0.05) is 0 Å². The van der Waals surface area contributed by atoms with Crippen molar-refractivity contribution in [3.05, 3.63) is 90.3 Å². The molecule has 3 aromatic carbocycles. The van der Waals surface area contributed by atoms with Crippen molar-refractivity contribution >= 4 is 34.2 Å². The predicted molar refractivity (Wildman–Crippen MR) is 148 cm³/mol. The Morgan fingerprint density at radius 2 is 1.44 bits per heavy atom. The van der Waals surface area contributed by atoms with Crippen molar-refractivity contribution < 1.29 is 23.8 Å². The number of ether oxygens (including phenoxy) is 3. The van der Waals surface area contributed by atoms with E-state index in [2.05, 4.69) is 25.6 Å². The van der Waals surface area contributed by atoms with Crippen molar-refractivity contribution in [2.75, 3.05) is 32.0 Å². The molecule has 0 aliphatic carbocycles. The number of fused-ring (bicyclic) bond motifs is 1. The van der Waals surface area contributed by atoms with E-state index in [4.69, 9.17) is 14.2 Å². The van der Waals surface area contributed by atoms with Gasteiger partial charge >= 0.3 is 0 Å². The van der Waals surface area contributed by atoms with Gasteiger partial charge in [-0.3, -0.25) is 14.6 Å². The van der Waals surface area contributed by atoms with Crippen molar-refractivity contribution in [3.63, 3.8) is 0 Å². The van der Waals surface area contributed by atoms with Crippen molar-refractivity contribution in [2.24, 2.45) is 0 Å². The smallest absolute Gasteiger partial charge is 0.257 e. The molecule has 196 valence electrons. The molecule has 2 amide bonds. The predicted octanol–water partition coefficient (Wildman–Crippen LogP) is 5.16. The van der Waals surface area contributed by atoms with Crippen LogP contribution in [0.15, 0.2) is 79.1 Å². The number of nitrogens with zero attached hydrogens (tertiary/aromatic N) is 2. The number of rotatable bonds is 8. The first-order chi connectivity index (χ1) is 19.0. The van der Waals surface area contributed by atoms with Crippen LogP contribution in [0, 0.1) is 0 Å². The highest BCUT2D eigenvalue weighted by atomic mass is 16.5. The summed E-state index contributed by atoms with van der Waals surface area (Å²) in [6, 6.07) is 19.3. The van der Waals surface area contributed by atoms with Gasteiger partial charge in [0.1, 0.15) is 5.82 Å². The second-order valence-electron chi connectivity index (χ2n) is 8.46. The minimum absolute atomic E-state index is 0.244. The molecule has 0 unspecified atom stereocenters. The molecule has 0 saturated carbocycles. The first kappa shape index (κ1) is 25.3. The first-order valence-corrected chi connectivity index (χ1v) is 11.9. The Balaban J connectivity index is 1.31. The van der Waals surface area contributed by atoms with E-state index in [-0.39, 0.29) is 11.8 Å². The van der Waals surface area contributed by atoms with Gasteiger partial charge in [-0.25, -0.2) is 4.98 Å². The molecule has 2 heterocycles. The zero-order valence-electron chi connectivity index (χ0n) is 21.4. The third kappa shape index (κ3) is 5.35. The summed E-state index contributed by atoms with van der Waals surface area (Å²) < 4.78 is 16.0. The maximum Gasteiger partial charge on any atom is 0.257 e. The van der Waals surface area contributed by atoms with Gasteiger partial charge in [-0.2, -0.15) is 0 Å². The van der Waals surface area contributed by atoms with Crippen LogP contribution in [-0.2, 0) is 0 Å². The van der Waals surface area contributed by atoms with Gasteiger partial charge in [0.05, 0.1) is 37.9 Å². The summed E-state index contributed by atoms with van der Waals surface area (Å²) >= 11 is 0. The molecule has 39 heavy (non-hydrogen) atoms. The van der Waals surface area contributed by atoms with E-state index >= 15 is 0 Å². The molecule has 0 atom stereocenters. The van der Waals surface area contributed by atoms with Crippen LogP contribution < -0.4 is 24.8 Å². The molecular formula is C29H25N5O5. The number of benzene rings is 3. The molecule has 0 saturated heterocycles. The SMILES string of the molecule is COc1cc(C(=O)Nc2ccc(-c3nc4ccc(NC(=O)c5cccnc5)cc4[nH]3)cc2)cc(OC)c1OC. The minimum Gasteiger partial charge on any atom is -0.493 e. The lowest BCUT2D eigenvalue weighted by Crippen LogP contribution is -2.12. The molecular weight excluding hydrogens is 498 g/mol. The number of pyridine rings is 1. The standard InChI is InChI=1S/C29H25N5O5/c1-37-24-13-19(14-25(38-2)26(24)39-3)29(36)31-20-8-6-17(7-9-20)27-33-22-11-10-21(15-23(22)34-27)32-28(35)18-5-4-12-30-16-18/h4-16H,1-3H3,(H,31,36)(H,32,35)(H,33,34). The fourth-order valence-electron chi connectivity index (χ4n) is 4.05. The maximum absolute atomic E-state index is 12.9. The van der Waals surface area contributed by atoms with Crippen LogP contribution in [0.2, 0.25) is 0 Å². The quantitative estimate of drug-likeness (QED) is 0.256. The van der Waals surface area contributed by atoms with Crippen LogP contribution in [0.3, 0.4) is 0 Å². The molecule has 3 N–H and O–H groups in total. The first-order valence-electron chi connectivity index (χ1n) is 11.9. The molecule has 2 aromatic heterocycles. The Morgan fingerprint density at radius 1 is 0.769 bits per heavy atom. The fraction of sp³-hybridized carbons (Fsp3) is 0.103. The van der Waals surface area contributed by atoms with E-state index in [0.717, 1.165) is 16.6 Å². The highest BCUT2D eigenvalue weighted by molar-refractivity contribution is 6.05. The van der Waals surface area contributed by atoms with E-state index in [9.17, 15) is 9.59 Å². The van der Waals surface area contributed by atoms with Gasteiger partial charge in [-0.05, 0) is 66.7 Å². The van der Waals surface area contributed by atoms with E-state index in [1.165, 1.54) is 27.5 Å². The van der Waals surface area contributed by atoms with Crippen LogP contribution in [0.4, 0.5) is 11.4 Å². The second-order valence-corrected chi connectivity index (χ2v) is 8.46. The lowest BCUT2D eigenvalue weighted by Gasteiger charge is -2.14. The average molecular weight is 524 g/mol. The number of imidazole rings is 1. The summed E-state index contributed by atoms with van der Waals surface area (Å²) in [5, 5.41) is 5.75. The number of hydrogen-bond acceptors (Lipinski definition) is 7. The van der Waals surface area contributed by atoms with Gasteiger partial charge in [0.15, 0.2) is 11.5 Å². The highest BCUT2D eigenvalue weighted by Gasteiger charge is 2.17. The van der Waals surface area contributed by atoms with Gasteiger partial charge in [0.2, 0.25) is 5.75 Å². The third-order valence-electron chi connectivity index (χ3n) is 6.01. The Kier molecular flexibility index (Phi) is 7.09. The number of aromatic nitrogens is 3. The number of hydrogen-bond donors (Lipinski definition) is 3. The Hall–Kier alpha value is -5.38. The topological polar surface area (TPSA) is 127 Å². The van der Waals surface area contributed by atoms with E-state index in [1.807, 2.05) is 24.3 Å². The molecule has 0 aliphatic heterocycles. The Morgan fingerprint density at radius 3 is 2.08 bits per heavy atom. The maximum atomic E-state index is 12.9. The number of amides is 2. The van der Waals surface area contributed by atoms with Crippen LogP contribution in [0.25, 0.3) is 22.4 Å². The molecule has 10 heteroatoms. The summed E-state index contributed by atoms with van der Waals surface area (Å²) in [5.41, 5.74) is 4.43. The number of anilines is 2. The average Bonchev–Trinajstić information content (AvgIpc) is 3.40. The van der Waals surface area contributed by atoms with E-state index in [1.54, 1.807) is 48.7 Å². The van der Waals surface area contributed by atoms with Crippen LogP contribution in [0.5, 0.6) is 17.2 Å². The minimum atomic E-state index is -0.327. The van der Waals surface area contributed by atoms with E-state index in [0.29, 0.717) is 45.6 Å². The van der Waals surface area contributed by atoms with Crippen LogP contribution in [0.1, 0.15) is 20.7 Å². The summed E-state index contributed by atoms with van der Waals surface area (Å²) in [7, 11) is 4.49. The fourth-order valence-corrected chi connectivity index (χ4v) is 4.05. The molecule has 0 bridgehead atoms.